The summed E-state index contributed by atoms with van der Waals surface area (Å²) in [6.07, 6.45) is 3.54. The first kappa shape index (κ1) is 22.0. The molecule has 0 atom stereocenters. The monoisotopic (exact) mass is 519 g/mol. The third kappa shape index (κ3) is 3.67. The molecule has 39 heavy (non-hydrogen) atoms. The quantitative estimate of drug-likeness (QED) is 0.233. The van der Waals surface area contributed by atoms with Crippen LogP contribution in [0.2, 0.25) is 0 Å². The lowest BCUT2D eigenvalue weighted by molar-refractivity contribution is 0.582. The number of pyridine rings is 1. The van der Waals surface area contributed by atoms with Crippen LogP contribution in [0, 0.1) is 0 Å². The highest BCUT2D eigenvalue weighted by molar-refractivity contribution is 7.21. The molecule has 0 bridgehead atoms. The Balaban J connectivity index is 1.31. The van der Waals surface area contributed by atoms with Crippen LogP contribution in [0.15, 0.2) is 132 Å². The zero-order chi connectivity index (χ0) is 25.8. The average Bonchev–Trinajstić information content (AvgIpc) is 3.75. The lowest BCUT2D eigenvalue weighted by Crippen LogP contribution is -1.95. The molecule has 5 heteroatoms. The van der Waals surface area contributed by atoms with E-state index in [0.29, 0.717) is 0 Å². The molecule has 4 aromatic carbocycles. The van der Waals surface area contributed by atoms with Gasteiger partial charge in [-0.15, -0.1) is 11.3 Å². The highest BCUT2D eigenvalue weighted by Gasteiger charge is 2.15. The molecule has 0 radical (unpaired) electrons. The number of para-hydroxylation sites is 1. The largest absolute Gasteiger partial charge is 0.464 e. The number of hydrogen-bond acceptors (Lipinski definition) is 4. The molecule has 0 amide bonds. The Labute approximate surface area is 228 Å². The van der Waals surface area contributed by atoms with Gasteiger partial charge in [-0.25, -0.2) is 4.98 Å². The first-order valence-corrected chi connectivity index (χ1v) is 13.6. The van der Waals surface area contributed by atoms with Crippen LogP contribution in [0.25, 0.3) is 70.9 Å². The summed E-state index contributed by atoms with van der Waals surface area (Å²) in [6, 6.07) is 40.1. The maximum Gasteiger partial charge on any atom is 0.133 e. The second-order valence-electron chi connectivity index (χ2n) is 9.53. The van der Waals surface area contributed by atoms with Crippen LogP contribution >= 0.6 is 11.3 Å². The van der Waals surface area contributed by atoms with Gasteiger partial charge in [0.1, 0.15) is 10.8 Å². The van der Waals surface area contributed by atoms with Crippen molar-refractivity contribution in [2.75, 3.05) is 0 Å². The van der Waals surface area contributed by atoms with Crippen LogP contribution in [0.5, 0.6) is 0 Å². The molecule has 4 aromatic heterocycles. The van der Waals surface area contributed by atoms with Crippen molar-refractivity contribution in [2.45, 2.75) is 0 Å². The minimum Gasteiger partial charge on any atom is -0.464 e. The van der Waals surface area contributed by atoms with Gasteiger partial charge in [0.25, 0.3) is 0 Å². The standard InChI is InChI=1S/C34H21N3OS/c1-2-11-30-26(9-1)27-15-13-24(34-36-29-16-14-23(21-33(29)39-34)32-12-6-18-38-32)20-31(27)37(30)25-8-5-7-22(19-25)28-10-3-4-17-35-28/h1-21H. The van der Waals surface area contributed by atoms with Gasteiger partial charge in [0.2, 0.25) is 0 Å². The fourth-order valence-corrected chi connectivity index (χ4v) is 6.37. The van der Waals surface area contributed by atoms with Gasteiger partial charge in [-0.05, 0) is 66.7 Å². The van der Waals surface area contributed by atoms with E-state index in [1.165, 1.54) is 16.3 Å². The van der Waals surface area contributed by atoms with Gasteiger partial charge >= 0.3 is 0 Å². The molecule has 0 unspecified atom stereocenters. The van der Waals surface area contributed by atoms with E-state index in [1.54, 1.807) is 17.6 Å². The fraction of sp³-hybridized carbons (Fsp3) is 0. The topological polar surface area (TPSA) is 43.9 Å². The van der Waals surface area contributed by atoms with Gasteiger partial charge < -0.3 is 8.98 Å². The number of furan rings is 1. The van der Waals surface area contributed by atoms with Crippen molar-refractivity contribution in [2.24, 2.45) is 0 Å². The van der Waals surface area contributed by atoms with Crippen LogP contribution < -0.4 is 0 Å². The molecular formula is C34H21N3OS. The van der Waals surface area contributed by atoms with E-state index in [4.69, 9.17) is 9.40 Å². The van der Waals surface area contributed by atoms with Gasteiger partial charge in [-0.1, -0.05) is 48.5 Å². The molecule has 0 aliphatic carbocycles. The fourth-order valence-electron chi connectivity index (χ4n) is 5.36. The van der Waals surface area contributed by atoms with Crippen molar-refractivity contribution in [1.82, 2.24) is 14.5 Å². The van der Waals surface area contributed by atoms with Crippen LogP contribution in [-0.2, 0) is 0 Å². The van der Waals surface area contributed by atoms with Crippen molar-refractivity contribution in [3.63, 3.8) is 0 Å². The van der Waals surface area contributed by atoms with Gasteiger partial charge in [0.05, 0.1) is 33.2 Å². The lowest BCUT2D eigenvalue weighted by atomic mass is 10.1. The third-order valence-corrected chi connectivity index (χ3v) is 8.25. The molecular weight excluding hydrogens is 498 g/mol. The van der Waals surface area contributed by atoms with E-state index < -0.39 is 0 Å². The SMILES string of the molecule is c1ccc(-c2cccc(-n3c4ccccc4c4ccc(-c5nc6ccc(-c7ccco7)cc6s5)cc43)c2)nc1. The number of thiazole rings is 1. The first-order chi connectivity index (χ1) is 19.3. The summed E-state index contributed by atoms with van der Waals surface area (Å²) < 4.78 is 9.10. The average molecular weight is 520 g/mol. The zero-order valence-corrected chi connectivity index (χ0v) is 21.6. The first-order valence-electron chi connectivity index (χ1n) is 12.8. The molecule has 4 heterocycles. The normalized spacial score (nSPS) is 11.6. The number of rotatable bonds is 4. The Morgan fingerprint density at radius 3 is 2.44 bits per heavy atom. The smallest absolute Gasteiger partial charge is 0.133 e. The van der Waals surface area contributed by atoms with E-state index in [0.717, 1.165) is 54.6 Å². The molecule has 0 aliphatic heterocycles. The predicted molar refractivity (Wildman–Crippen MR) is 160 cm³/mol. The van der Waals surface area contributed by atoms with Gasteiger partial charge in [0.15, 0.2) is 0 Å². The molecule has 0 N–H and O–H groups in total. The van der Waals surface area contributed by atoms with E-state index in [2.05, 4.69) is 94.5 Å². The molecule has 0 saturated heterocycles. The molecule has 0 spiro atoms. The number of benzene rings is 4. The Morgan fingerprint density at radius 2 is 1.54 bits per heavy atom. The molecule has 0 aliphatic rings. The third-order valence-electron chi connectivity index (χ3n) is 7.18. The van der Waals surface area contributed by atoms with Crippen molar-refractivity contribution < 1.29 is 4.42 Å². The highest BCUT2D eigenvalue weighted by atomic mass is 32.1. The molecule has 184 valence electrons. The van der Waals surface area contributed by atoms with Crippen molar-refractivity contribution in [3.8, 4) is 38.8 Å². The zero-order valence-electron chi connectivity index (χ0n) is 20.8. The Morgan fingerprint density at radius 1 is 0.641 bits per heavy atom. The van der Waals surface area contributed by atoms with E-state index in [-0.39, 0.29) is 0 Å². The van der Waals surface area contributed by atoms with Gasteiger partial charge in [0, 0.05) is 39.3 Å². The van der Waals surface area contributed by atoms with Crippen molar-refractivity contribution in [1.29, 1.82) is 0 Å². The maximum atomic E-state index is 5.61. The van der Waals surface area contributed by atoms with Crippen LogP contribution in [0.3, 0.4) is 0 Å². The minimum absolute atomic E-state index is 0.866. The predicted octanol–water partition coefficient (Wildman–Crippen LogP) is 9.38. The summed E-state index contributed by atoms with van der Waals surface area (Å²) in [5.74, 6) is 0.866. The molecule has 8 rings (SSSR count). The minimum atomic E-state index is 0.866. The van der Waals surface area contributed by atoms with Crippen LogP contribution in [0.1, 0.15) is 0 Å². The molecule has 4 nitrogen and oxygen atoms in total. The van der Waals surface area contributed by atoms with Crippen LogP contribution in [-0.4, -0.2) is 14.5 Å². The number of aromatic nitrogens is 3. The highest BCUT2D eigenvalue weighted by Crippen LogP contribution is 2.38. The maximum absolute atomic E-state index is 5.61. The van der Waals surface area contributed by atoms with Gasteiger partial charge in [-0.3, -0.25) is 4.98 Å². The molecule has 0 saturated carbocycles. The Bertz CT molecular complexity index is 2120. The molecule has 8 aromatic rings. The van der Waals surface area contributed by atoms with E-state index in [9.17, 15) is 0 Å². The van der Waals surface area contributed by atoms with Crippen LogP contribution in [0.4, 0.5) is 0 Å². The van der Waals surface area contributed by atoms with Crippen molar-refractivity contribution >= 4 is 43.4 Å². The summed E-state index contributed by atoms with van der Waals surface area (Å²) in [6.45, 7) is 0. The summed E-state index contributed by atoms with van der Waals surface area (Å²) in [5.41, 5.74) is 8.65. The van der Waals surface area contributed by atoms with Gasteiger partial charge in [-0.2, -0.15) is 0 Å². The summed E-state index contributed by atoms with van der Waals surface area (Å²) >= 11 is 1.71. The van der Waals surface area contributed by atoms with E-state index in [1.807, 2.05) is 36.5 Å². The summed E-state index contributed by atoms with van der Waals surface area (Å²) in [7, 11) is 0. The second kappa shape index (κ2) is 8.79. The Hall–Kier alpha value is -5.00. The van der Waals surface area contributed by atoms with E-state index >= 15 is 0 Å². The second-order valence-corrected chi connectivity index (χ2v) is 10.6. The molecule has 0 fully saturated rings. The number of fused-ring (bicyclic) bond motifs is 4. The number of hydrogen-bond donors (Lipinski definition) is 0. The lowest BCUT2D eigenvalue weighted by Gasteiger charge is -2.10. The Kier molecular flexibility index (Phi) is 4.96. The van der Waals surface area contributed by atoms with Crippen molar-refractivity contribution in [3.05, 3.63) is 128 Å². The summed E-state index contributed by atoms with van der Waals surface area (Å²) in [4.78, 5) is 9.56. The summed E-state index contributed by atoms with van der Waals surface area (Å²) in [5, 5.41) is 3.45. The number of nitrogens with zero attached hydrogens (tertiary/aromatic N) is 3.